The normalized spacial score (nSPS) is 12.4. The van der Waals surface area contributed by atoms with Gasteiger partial charge in [-0.15, -0.1) is 0 Å². The highest BCUT2D eigenvalue weighted by atomic mass is 79.9. The second-order valence-electron chi connectivity index (χ2n) is 3.93. The fourth-order valence-corrected chi connectivity index (χ4v) is 3.28. The van der Waals surface area contributed by atoms with Gasteiger partial charge in [0.15, 0.2) is 0 Å². The monoisotopic (exact) mass is 374 g/mol. The van der Waals surface area contributed by atoms with Crippen molar-refractivity contribution in [1.29, 1.82) is 0 Å². The molecule has 18 heavy (non-hydrogen) atoms. The third-order valence-corrected chi connectivity index (χ3v) is 4.19. The van der Waals surface area contributed by atoms with E-state index in [1.807, 2.05) is 0 Å². The van der Waals surface area contributed by atoms with Crippen LogP contribution in [0.15, 0.2) is 46.9 Å². The van der Waals surface area contributed by atoms with Crippen molar-refractivity contribution in [3.63, 3.8) is 0 Å². The summed E-state index contributed by atoms with van der Waals surface area (Å²) in [5.74, 6) is -0.541. The Bertz CT molecular complexity index is 555. The Morgan fingerprint density at radius 1 is 1.06 bits per heavy atom. The first-order valence-electron chi connectivity index (χ1n) is 5.40. The average Bonchev–Trinajstić information content (AvgIpc) is 2.35. The zero-order valence-corrected chi connectivity index (χ0v) is 12.5. The van der Waals surface area contributed by atoms with Crippen molar-refractivity contribution >= 4 is 31.9 Å². The van der Waals surface area contributed by atoms with Gasteiger partial charge < -0.3 is 0 Å². The van der Waals surface area contributed by atoms with Gasteiger partial charge in [-0.3, -0.25) is 0 Å². The van der Waals surface area contributed by atoms with Gasteiger partial charge in [0, 0.05) is 9.30 Å². The fourth-order valence-electron chi connectivity index (χ4n) is 1.72. The number of hydrogen-bond acceptors (Lipinski definition) is 0. The van der Waals surface area contributed by atoms with E-state index in [1.165, 1.54) is 18.2 Å². The first kappa shape index (κ1) is 13.7. The summed E-state index contributed by atoms with van der Waals surface area (Å²) in [6.07, 6.45) is 0.467. The number of halogens is 4. The molecule has 0 saturated carbocycles. The first-order valence-corrected chi connectivity index (χ1v) is 7.11. The molecule has 2 aromatic carbocycles. The summed E-state index contributed by atoms with van der Waals surface area (Å²) < 4.78 is 27.6. The van der Waals surface area contributed by atoms with Crippen LogP contribution in [0.25, 0.3) is 0 Å². The lowest BCUT2D eigenvalue weighted by Gasteiger charge is -2.13. The summed E-state index contributed by atoms with van der Waals surface area (Å²) in [7, 11) is 0. The van der Waals surface area contributed by atoms with E-state index in [0.717, 1.165) is 10.0 Å². The van der Waals surface area contributed by atoms with Crippen LogP contribution in [-0.4, -0.2) is 0 Å². The molecular weight excluding hydrogens is 366 g/mol. The molecule has 4 heteroatoms. The molecule has 0 aromatic heterocycles. The number of alkyl halides is 1. The molecule has 1 unspecified atom stereocenters. The van der Waals surface area contributed by atoms with E-state index >= 15 is 0 Å². The third-order valence-electron chi connectivity index (χ3n) is 2.65. The smallest absolute Gasteiger partial charge is 0.126 e. The lowest BCUT2D eigenvalue weighted by Crippen LogP contribution is -1.99. The molecule has 0 spiro atoms. The van der Waals surface area contributed by atoms with Crippen molar-refractivity contribution in [2.45, 2.75) is 11.2 Å². The molecule has 94 valence electrons. The van der Waals surface area contributed by atoms with Gasteiger partial charge in [-0.1, -0.05) is 50.1 Å². The van der Waals surface area contributed by atoms with Crippen molar-refractivity contribution in [3.8, 4) is 0 Å². The average molecular weight is 376 g/mol. The molecule has 2 rings (SSSR count). The molecule has 0 radical (unpaired) electrons. The largest absolute Gasteiger partial charge is 0.207 e. The molecule has 0 aliphatic rings. The lowest BCUT2D eigenvalue weighted by molar-refractivity contribution is 0.607. The van der Waals surface area contributed by atoms with Gasteiger partial charge in [0.1, 0.15) is 11.6 Å². The van der Waals surface area contributed by atoms with Crippen LogP contribution < -0.4 is 0 Å². The van der Waals surface area contributed by atoms with Crippen molar-refractivity contribution in [1.82, 2.24) is 0 Å². The zero-order valence-electron chi connectivity index (χ0n) is 9.34. The summed E-state index contributed by atoms with van der Waals surface area (Å²) in [5.41, 5.74) is 1.38. The van der Waals surface area contributed by atoms with Gasteiger partial charge in [-0.2, -0.15) is 0 Å². The summed E-state index contributed by atoms with van der Waals surface area (Å²) in [4.78, 5) is -0.139. The van der Waals surface area contributed by atoms with Crippen molar-refractivity contribution in [2.24, 2.45) is 0 Å². The molecule has 0 aliphatic heterocycles. The molecule has 0 aliphatic carbocycles. The van der Waals surface area contributed by atoms with E-state index in [4.69, 9.17) is 0 Å². The Labute approximate surface area is 121 Å². The van der Waals surface area contributed by atoms with E-state index in [0.29, 0.717) is 12.0 Å². The maximum Gasteiger partial charge on any atom is 0.126 e. The highest BCUT2D eigenvalue weighted by Crippen LogP contribution is 2.33. The van der Waals surface area contributed by atoms with Gasteiger partial charge in [0.25, 0.3) is 0 Å². The Kier molecular flexibility index (Phi) is 4.51. The van der Waals surface area contributed by atoms with Gasteiger partial charge >= 0.3 is 0 Å². The van der Waals surface area contributed by atoms with Gasteiger partial charge in [0.05, 0.1) is 0 Å². The number of rotatable bonds is 3. The Hall–Kier alpha value is -0.740. The Balaban J connectivity index is 2.25. The first-order chi connectivity index (χ1) is 8.58. The minimum atomic E-state index is -0.300. The molecule has 0 amide bonds. The van der Waals surface area contributed by atoms with Crippen LogP contribution in [0.3, 0.4) is 0 Å². The van der Waals surface area contributed by atoms with E-state index in [2.05, 4.69) is 31.9 Å². The van der Waals surface area contributed by atoms with E-state index in [9.17, 15) is 8.78 Å². The van der Waals surface area contributed by atoms with Crippen LogP contribution in [0.2, 0.25) is 0 Å². The molecule has 0 N–H and O–H groups in total. The molecule has 0 nitrogen and oxygen atoms in total. The molecular formula is C14H10Br2F2. The van der Waals surface area contributed by atoms with Crippen molar-refractivity contribution < 1.29 is 8.78 Å². The standard InChI is InChI=1S/C14H10Br2F2/c15-12-6-5-10(17)8-11(12)13(16)7-9-3-1-2-4-14(9)18/h1-6,8,13H,7H2. The van der Waals surface area contributed by atoms with Crippen molar-refractivity contribution in [2.75, 3.05) is 0 Å². The highest BCUT2D eigenvalue weighted by molar-refractivity contribution is 9.11. The molecule has 1 atom stereocenters. The zero-order chi connectivity index (χ0) is 13.1. The summed E-state index contributed by atoms with van der Waals surface area (Å²) in [6, 6.07) is 11.1. The third kappa shape index (κ3) is 3.18. The molecule has 0 saturated heterocycles. The van der Waals surface area contributed by atoms with E-state index < -0.39 is 0 Å². The van der Waals surface area contributed by atoms with Gasteiger partial charge in [-0.05, 0) is 41.8 Å². The number of hydrogen-bond donors (Lipinski definition) is 0. The van der Waals surface area contributed by atoms with Crippen LogP contribution in [0.4, 0.5) is 8.78 Å². The van der Waals surface area contributed by atoms with E-state index in [1.54, 1.807) is 24.3 Å². The predicted molar refractivity (Wildman–Crippen MR) is 75.9 cm³/mol. The SMILES string of the molecule is Fc1ccc(Br)c(C(Br)Cc2ccccc2F)c1. The maximum absolute atomic E-state index is 13.5. The summed E-state index contributed by atoms with van der Waals surface area (Å²) >= 11 is 6.85. The molecule has 0 heterocycles. The van der Waals surface area contributed by atoms with Crippen LogP contribution in [0.1, 0.15) is 16.0 Å². The predicted octanol–water partition coefficient (Wildman–Crippen LogP) is 5.41. The quantitative estimate of drug-likeness (QED) is 0.629. The maximum atomic E-state index is 13.5. The lowest BCUT2D eigenvalue weighted by atomic mass is 10.0. The van der Waals surface area contributed by atoms with Crippen LogP contribution in [0.5, 0.6) is 0 Å². The second kappa shape index (κ2) is 5.93. The summed E-state index contributed by atoms with van der Waals surface area (Å²) in [6.45, 7) is 0. The van der Waals surface area contributed by atoms with Gasteiger partial charge in [0.2, 0.25) is 0 Å². The number of benzene rings is 2. The highest BCUT2D eigenvalue weighted by Gasteiger charge is 2.14. The van der Waals surface area contributed by atoms with Crippen LogP contribution in [-0.2, 0) is 6.42 Å². The van der Waals surface area contributed by atoms with Gasteiger partial charge in [-0.25, -0.2) is 8.78 Å². The van der Waals surface area contributed by atoms with E-state index in [-0.39, 0.29) is 16.5 Å². The minimum absolute atomic E-state index is 0.139. The van der Waals surface area contributed by atoms with Crippen molar-refractivity contribution in [3.05, 3.63) is 69.7 Å². The fraction of sp³-hybridized carbons (Fsp3) is 0.143. The minimum Gasteiger partial charge on any atom is -0.207 e. The van der Waals surface area contributed by atoms with Crippen LogP contribution in [0, 0.1) is 11.6 Å². The van der Waals surface area contributed by atoms with Crippen LogP contribution >= 0.6 is 31.9 Å². The second-order valence-corrected chi connectivity index (χ2v) is 5.89. The molecule has 0 fully saturated rings. The Morgan fingerprint density at radius 3 is 2.50 bits per heavy atom. The molecule has 2 aromatic rings. The summed E-state index contributed by atoms with van der Waals surface area (Å²) in [5, 5.41) is 0. The molecule has 0 bridgehead atoms. The Morgan fingerprint density at radius 2 is 1.78 bits per heavy atom. The topological polar surface area (TPSA) is 0 Å².